The fraction of sp³-hybridized carbons (Fsp3) is 0.500. The highest BCUT2D eigenvalue weighted by Gasteiger charge is 1.91. The number of aliphatic hydroxyl groups is 1. The highest BCUT2D eigenvalue weighted by molar-refractivity contribution is 5.13. The molecule has 3 heteroatoms. The van der Waals surface area contributed by atoms with Crippen LogP contribution in [0.25, 0.3) is 0 Å². The molecular weight excluding hydrogens is 190 g/mol. The van der Waals surface area contributed by atoms with Gasteiger partial charge in [0.05, 0.1) is 6.61 Å². The minimum atomic E-state index is 0.283. The monoisotopic (exact) mass is 209 g/mol. The molecule has 0 amide bonds. The first-order valence-corrected chi connectivity index (χ1v) is 5.43. The zero-order chi connectivity index (χ0) is 10.8. The van der Waals surface area contributed by atoms with Gasteiger partial charge >= 0.3 is 0 Å². The number of hydroxylamine groups is 1. The number of rotatable bonds is 8. The molecule has 0 radical (unpaired) electrons. The van der Waals surface area contributed by atoms with E-state index in [9.17, 15) is 0 Å². The number of aliphatic hydroxyl groups excluding tert-OH is 1. The topological polar surface area (TPSA) is 41.5 Å². The van der Waals surface area contributed by atoms with Crippen molar-refractivity contribution in [2.24, 2.45) is 0 Å². The van der Waals surface area contributed by atoms with E-state index in [1.54, 1.807) is 0 Å². The summed E-state index contributed by atoms with van der Waals surface area (Å²) < 4.78 is 0. The van der Waals surface area contributed by atoms with Gasteiger partial charge in [0, 0.05) is 13.2 Å². The van der Waals surface area contributed by atoms with Gasteiger partial charge in [-0.3, -0.25) is 4.84 Å². The Bertz CT molecular complexity index is 239. The van der Waals surface area contributed by atoms with Crippen LogP contribution in [0.5, 0.6) is 0 Å². The van der Waals surface area contributed by atoms with Gasteiger partial charge in [0.25, 0.3) is 0 Å². The smallest absolute Gasteiger partial charge is 0.0933 e. The molecule has 0 aliphatic rings. The fourth-order valence-corrected chi connectivity index (χ4v) is 1.27. The Balaban J connectivity index is 1.93. The van der Waals surface area contributed by atoms with Crippen molar-refractivity contribution in [3.8, 4) is 0 Å². The molecule has 1 aromatic rings. The zero-order valence-electron chi connectivity index (χ0n) is 8.98. The molecule has 0 bridgehead atoms. The minimum Gasteiger partial charge on any atom is -0.396 e. The van der Waals surface area contributed by atoms with Crippen LogP contribution in [-0.4, -0.2) is 18.3 Å². The standard InChI is InChI=1S/C12H19NO2/c14-10-6-2-5-9-13-15-11-12-7-3-1-4-8-12/h1,3-4,7-8,13-14H,2,5-6,9-11H2. The molecule has 0 heterocycles. The Morgan fingerprint density at radius 2 is 1.87 bits per heavy atom. The molecule has 0 aliphatic heterocycles. The summed E-state index contributed by atoms with van der Waals surface area (Å²) in [4.78, 5) is 5.29. The summed E-state index contributed by atoms with van der Waals surface area (Å²) in [6.07, 6.45) is 2.95. The molecule has 0 unspecified atom stereocenters. The van der Waals surface area contributed by atoms with Crippen molar-refractivity contribution >= 4 is 0 Å². The maximum Gasteiger partial charge on any atom is 0.0933 e. The average molecular weight is 209 g/mol. The van der Waals surface area contributed by atoms with Gasteiger partial charge in [-0.25, -0.2) is 5.48 Å². The maximum atomic E-state index is 8.57. The van der Waals surface area contributed by atoms with Crippen LogP contribution in [0.3, 0.4) is 0 Å². The SMILES string of the molecule is OCCCCCNOCc1ccccc1. The van der Waals surface area contributed by atoms with Gasteiger partial charge in [0.2, 0.25) is 0 Å². The van der Waals surface area contributed by atoms with Crippen molar-refractivity contribution in [2.75, 3.05) is 13.2 Å². The summed E-state index contributed by atoms with van der Waals surface area (Å²) in [6.45, 7) is 1.72. The second-order valence-corrected chi connectivity index (χ2v) is 3.45. The molecule has 0 saturated heterocycles. The Morgan fingerprint density at radius 1 is 1.07 bits per heavy atom. The van der Waals surface area contributed by atoms with E-state index in [0.29, 0.717) is 6.61 Å². The molecule has 2 N–H and O–H groups in total. The molecule has 1 aromatic carbocycles. The Kier molecular flexibility index (Phi) is 6.83. The molecule has 84 valence electrons. The van der Waals surface area contributed by atoms with Crippen LogP contribution in [0.15, 0.2) is 30.3 Å². The molecule has 0 spiro atoms. The van der Waals surface area contributed by atoms with Crippen LogP contribution < -0.4 is 5.48 Å². The van der Waals surface area contributed by atoms with Crippen LogP contribution in [0.4, 0.5) is 0 Å². The largest absolute Gasteiger partial charge is 0.396 e. The average Bonchev–Trinajstić information content (AvgIpc) is 2.29. The molecule has 3 nitrogen and oxygen atoms in total. The van der Waals surface area contributed by atoms with E-state index in [1.165, 1.54) is 5.56 Å². The van der Waals surface area contributed by atoms with Crippen molar-refractivity contribution in [3.05, 3.63) is 35.9 Å². The normalized spacial score (nSPS) is 10.5. The van der Waals surface area contributed by atoms with Gasteiger partial charge < -0.3 is 5.11 Å². The third kappa shape index (κ3) is 6.23. The van der Waals surface area contributed by atoms with E-state index in [-0.39, 0.29) is 6.61 Å². The fourth-order valence-electron chi connectivity index (χ4n) is 1.27. The van der Waals surface area contributed by atoms with Gasteiger partial charge in [0.15, 0.2) is 0 Å². The molecular formula is C12H19NO2. The van der Waals surface area contributed by atoms with Gasteiger partial charge in [0.1, 0.15) is 0 Å². The maximum absolute atomic E-state index is 8.57. The molecule has 0 aliphatic carbocycles. The lowest BCUT2D eigenvalue weighted by Crippen LogP contribution is -2.15. The minimum absolute atomic E-state index is 0.283. The highest BCUT2D eigenvalue weighted by atomic mass is 16.6. The summed E-state index contributed by atoms with van der Waals surface area (Å²) >= 11 is 0. The van der Waals surface area contributed by atoms with E-state index in [0.717, 1.165) is 25.8 Å². The van der Waals surface area contributed by atoms with Crippen molar-refractivity contribution in [2.45, 2.75) is 25.9 Å². The first-order chi connectivity index (χ1) is 7.43. The molecule has 1 rings (SSSR count). The number of hydrogen-bond donors (Lipinski definition) is 2. The van der Waals surface area contributed by atoms with Crippen LogP contribution in [0.2, 0.25) is 0 Å². The van der Waals surface area contributed by atoms with Crippen LogP contribution in [0.1, 0.15) is 24.8 Å². The predicted octanol–water partition coefficient (Wildman–Crippen LogP) is 1.87. The van der Waals surface area contributed by atoms with E-state index < -0.39 is 0 Å². The van der Waals surface area contributed by atoms with Crippen LogP contribution >= 0.6 is 0 Å². The predicted molar refractivity (Wildman–Crippen MR) is 60.2 cm³/mol. The summed E-state index contributed by atoms with van der Waals surface area (Å²) in [7, 11) is 0. The van der Waals surface area contributed by atoms with E-state index in [4.69, 9.17) is 9.94 Å². The summed E-state index contributed by atoms with van der Waals surface area (Å²) in [5, 5.41) is 8.57. The lowest BCUT2D eigenvalue weighted by molar-refractivity contribution is 0.0271. The molecule has 0 atom stereocenters. The molecule has 0 fully saturated rings. The van der Waals surface area contributed by atoms with Crippen LogP contribution in [0, 0.1) is 0 Å². The molecule has 0 saturated carbocycles. The number of benzene rings is 1. The first-order valence-electron chi connectivity index (χ1n) is 5.43. The van der Waals surface area contributed by atoms with E-state index in [1.807, 2.05) is 30.3 Å². The lowest BCUT2D eigenvalue weighted by Gasteiger charge is -2.05. The molecule has 15 heavy (non-hydrogen) atoms. The number of hydrogen-bond acceptors (Lipinski definition) is 3. The molecule has 0 aromatic heterocycles. The summed E-state index contributed by atoms with van der Waals surface area (Å²) in [6, 6.07) is 10.1. The van der Waals surface area contributed by atoms with Crippen LogP contribution in [-0.2, 0) is 11.4 Å². The van der Waals surface area contributed by atoms with E-state index in [2.05, 4.69) is 5.48 Å². The van der Waals surface area contributed by atoms with Gasteiger partial charge in [-0.1, -0.05) is 30.3 Å². The Labute approximate surface area is 91.0 Å². The number of unbranched alkanes of at least 4 members (excludes halogenated alkanes) is 2. The second kappa shape index (κ2) is 8.41. The van der Waals surface area contributed by atoms with Gasteiger partial charge in [-0.15, -0.1) is 0 Å². The third-order valence-corrected chi connectivity index (χ3v) is 2.12. The van der Waals surface area contributed by atoms with Crippen molar-refractivity contribution < 1.29 is 9.94 Å². The summed E-state index contributed by atoms with van der Waals surface area (Å²) in [5.74, 6) is 0. The quantitative estimate of drug-likeness (QED) is 0.507. The second-order valence-electron chi connectivity index (χ2n) is 3.45. The number of nitrogens with one attached hydrogen (secondary N) is 1. The highest BCUT2D eigenvalue weighted by Crippen LogP contribution is 1.99. The van der Waals surface area contributed by atoms with Crippen molar-refractivity contribution in [1.29, 1.82) is 0 Å². The Hall–Kier alpha value is -0.900. The summed E-state index contributed by atoms with van der Waals surface area (Å²) in [5.41, 5.74) is 4.08. The van der Waals surface area contributed by atoms with Gasteiger partial charge in [-0.2, -0.15) is 0 Å². The third-order valence-electron chi connectivity index (χ3n) is 2.12. The first kappa shape index (κ1) is 12.2. The van der Waals surface area contributed by atoms with Crippen molar-refractivity contribution in [1.82, 2.24) is 5.48 Å². The zero-order valence-corrected chi connectivity index (χ0v) is 8.98. The lowest BCUT2D eigenvalue weighted by atomic mass is 10.2. The Morgan fingerprint density at radius 3 is 2.60 bits per heavy atom. The van der Waals surface area contributed by atoms with Gasteiger partial charge in [-0.05, 0) is 24.8 Å². The van der Waals surface area contributed by atoms with E-state index >= 15 is 0 Å². The van der Waals surface area contributed by atoms with Crippen molar-refractivity contribution in [3.63, 3.8) is 0 Å².